The molecule has 3 rings (SSSR count). The Morgan fingerprint density at radius 1 is 0.692 bits per heavy atom. The minimum absolute atomic E-state index is 0.321. The van der Waals surface area contributed by atoms with E-state index in [0.717, 1.165) is 22.3 Å². The van der Waals surface area contributed by atoms with Crippen LogP contribution in [0.25, 0.3) is 22.3 Å². The van der Waals surface area contributed by atoms with Gasteiger partial charge in [0.25, 0.3) is 0 Å². The fourth-order valence-electron chi connectivity index (χ4n) is 2.59. The molecule has 3 aromatic rings. The molecule has 5 nitrogen and oxygen atoms in total. The zero-order valence-corrected chi connectivity index (χ0v) is 14.1. The number of methoxy groups -OCH3 is 1. The van der Waals surface area contributed by atoms with Gasteiger partial charge in [0.05, 0.1) is 12.7 Å². The largest absolute Gasteiger partial charge is 0.503 e. The molecule has 0 fully saturated rings. The Labute approximate surface area is 151 Å². The monoisotopic (exact) mass is 350 g/mol. The Balaban J connectivity index is 0.000000552. The molecule has 0 unspecified atom stereocenters. The number of hydrogen-bond donors (Lipinski definition) is 2. The summed E-state index contributed by atoms with van der Waals surface area (Å²) in [7, 11) is 1.40. The molecular formula is C21H18O5. The number of ether oxygens (including phenoxy) is 1. The van der Waals surface area contributed by atoms with Gasteiger partial charge in [0.15, 0.2) is 0 Å². The summed E-state index contributed by atoms with van der Waals surface area (Å²) in [5.41, 5.74) is 4.70. The van der Waals surface area contributed by atoms with Crippen molar-refractivity contribution >= 4 is 12.1 Å². The zero-order valence-electron chi connectivity index (χ0n) is 14.1. The van der Waals surface area contributed by atoms with E-state index in [1.54, 1.807) is 6.07 Å². The number of hydrogen-bond acceptors (Lipinski definition) is 3. The van der Waals surface area contributed by atoms with Crippen LogP contribution in [0, 0.1) is 0 Å². The van der Waals surface area contributed by atoms with Gasteiger partial charge in [-0.3, -0.25) is 0 Å². The molecule has 0 aromatic heterocycles. The van der Waals surface area contributed by atoms with Crippen LogP contribution in [0.2, 0.25) is 0 Å². The first-order chi connectivity index (χ1) is 12.5. The molecule has 0 radical (unpaired) electrons. The van der Waals surface area contributed by atoms with Gasteiger partial charge >= 0.3 is 12.1 Å². The summed E-state index contributed by atoms with van der Waals surface area (Å²) < 4.78 is 4.91. The normalized spacial score (nSPS) is 9.58. The van der Waals surface area contributed by atoms with Crippen molar-refractivity contribution in [2.24, 2.45) is 0 Å². The molecule has 3 aromatic carbocycles. The van der Waals surface area contributed by atoms with Crippen molar-refractivity contribution in [2.45, 2.75) is 0 Å². The van der Waals surface area contributed by atoms with Gasteiger partial charge < -0.3 is 14.9 Å². The summed E-state index contributed by atoms with van der Waals surface area (Å²) in [6, 6.07) is 25.8. The average Bonchev–Trinajstić information content (AvgIpc) is 2.67. The molecule has 5 heteroatoms. The zero-order chi connectivity index (χ0) is 18.9. The second-order valence-corrected chi connectivity index (χ2v) is 5.23. The van der Waals surface area contributed by atoms with E-state index in [9.17, 15) is 4.79 Å². The predicted octanol–water partition coefficient (Wildman–Crippen LogP) is 5.03. The standard InChI is InChI=1S/C20H16O2.CH2O3/c1-22-20(21)19-14-8-7-13-18(19)17-12-6-5-11-16(17)15-9-3-2-4-10-15;2-1(3)4/h2-14H,1H3;(H2,2,3,4). The second-order valence-electron chi connectivity index (χ2n) is 5.23. The second kappa shape index (κ2) is 9.03. The molecule has 0 saturated carbocycles. The lowest BCUT2D eigenvalue weighted by molar-refractivity contribution is 0.0601. The van der Waals surface area contributed by atoms with Crippen molar-refractivity contribution in [3.05, 3.63) is 84.4 Å². The topological polar surface area (TPSA) is 83.8 Å². The van der Waals surface area contributed by atoms with Crippen molar-refractivity contribution in [2.75, 3.05) is 7.11 Å². The van der Waals surface area contributed by atoms with Crippen molar-refractivity contribution in [3.63, 3.8) is 0 Å². The summed E-state index contributed by atoms with van der Waals surface area (Å²) in [6.45, 7) is 0. The van der Waals surface area contributed by atoms with Crippen molar-refractivity contribution in [1.29, 1.82) is 0 Å². The lowest BCUT2D eigenvalue weighted by Gasteiger charge is -2.13. The third-order valence-electron chi connectivity index (χ3n) is 3.63. The van der Waals surface area contributed by atoms with E-state index in [1.165, 1.54) is 7.11 Å². The Bertz CT molecular complexity index is 884. The minimum atomic E-state index is -1.83. The molecule has 0 amide bonds. The van der Waals surface area contributed by atoms with Gasteiger partial charge in [-0.1, -0.05) is 72.8 Å². The summed E-state index contributed by atoms with van der Waals surface area (Å²) in [5, 5.41) is 13.9. The highest BCUT2D eigenvalue weighted by Crippen LogP contribution is 2.33. The Morgan fingerprint density at radius 2 is 1.15 bits per heavy atom. The van der Waals surface area contributed by atoms with E-state index in [4.69, 9.17) is 19.7 Å². The van der Waals surface area contributed by atoms with Gasteiger partial charge in [0, 0.05) is 0 Å². The lowest BCUT2D eigenvalue weighted by Crippen LogP contribution is -2.03. The molecule has 0 heterocycles. The Kier molecular flexibility index (Phi) is 6.51. The Morgan fingerprint density at radius 3 is 1.73 bits per heavy atom. The maximum Gasteiger partial charge on any atom is 0.503 e. The molecule has 0 aliphatic rings. The van der Waals surface area contributed by atoms with E-state index < -0.39 is 6.16 Å². The maximum atomic E-state index is 12.0. The van der Waals surface area contributed by atoms with Crippen LogP contribution >= 0.6 is 0 Å². The third-order valence-corrected chi connectivity index (χ3v) is 3.63. The van der Waals surface area contributed by atoms with Crippen LogP contribution < -0.4 is 0 Å². The number of rotatable bonds is 3. The summed E-state index contributed by atoms with van der Waals surface area (Å²) in [6.07, 6.45) is -1.83. The number of carbonyl (C=O) groups is 2. The highest BCUT2D eigenvalue weighted by atomic mass is 16.6. The molecule has 0 bridgehead atoms. The summed E-state index contributed by atoms with van der Waals surface area (Å²) in [5.74, 6) is -0.321. The van der Waals surface area contributed by atoms with Gasteiger partial charge in [-0.25, -0.2) is 9.59 Å². The molecule has 0 atom stereocenters. The molecule has 0 saturated heterocycles. The third kappa shape index (κ3) is 4.70. The molecule has 26 heavy (non-hydrogen) atoms. The van der Waals surface area contributed by atoms with Crippen LogP contribution in [0.3, 0.4) is 0 Å². The van der Waals surface area contributed by atoms with Crippen LogP contribution in [-0.2, 0) is 4.74 Å². The van der Waals surface area contributed by atoms with E-state index >= 15 is 0 Å². The first kappa shape index (κ1) is 18.7. The van der Waals surface area contributed by atoms with Crippen LogP contribution in [-0.4, -0.2) is 29.4 Å². The van der Waals surface area contributed by atoms with Crippen LogP contribution in [0.4, 0.5) is 4.79 Å². The summed E-state index contributed by atoms with van der Waals surface area (Å²) in [4.78, 5) is 20.6. The average molecular weight is 350 g/mol. The first-order valence-electron chi connectivity index (χ1n) is 7.78. The number of carboxylic acid groups (broad SMARTS) is 2. The van der Waals surface area contributed by atoms with E-state index in [1.807, 2.05) is 54.6 Å². The number of benzene rings is 3. The van der Waals surface area contributed by atoms with Crippen LogP contribution in [0.5, 0.6) is 0 Å². The van der Waals surface area contributed by atoms with E-state index in [-0.39, 0.29) is 5.97 Å². The van der Waals surface area contributed by atoms with Crippen molar-refractivity contribution < 1.29 is 24.5 Å². The SMILES string of the molecule is COC(=O)c1ccccc1-c1ccccc1-c1ccccc1.O=C(O)O. The van der Waals surface area contributed by atoms with Gasteiger partial charge in [0.1, 0.15) is 0 Å². The van der Waals surface area contributed by atoms with E-state index in [0.29, 0.717) is 5.56 Å². The van der Waals surface area contributed by atoms with Crippen molar-refractivity contribution in [3.8, 4) is 22.3 Å². The molecular weight excluding hydrogens is 332 g/mol. The highest BCUT2D eigenvalue weighted by Gasteiger charge is 2.15. The van der Waals surface area contributed by atoms with Gasteiger partial charge in [0.2, 0.25) is 0 Å². The lowest BCUT2D eigenvalue weighted by atomic mass is 9.92. The molecule has 0 spiro atoms. The highest BCUT2D eigenvalue weighted by molar-refractivity contribution is 5.99. The fourth-order valence-corrected chi connectivity index (χ4v) is 2.59. The smallest absolute Gasteiger partial charge is 0.465 e. The van der Waals surface area contributed by atoms with E-state index in [2.05, 4.69) is 18.2 Å². The quantitative estimate of drug-likeness (QED) is 0.647. The van der Waals surface area contributed by atoms with Gasteiger partial charge in [-0.2, -0.15) is 0 Å². The molecule has 0 aliphatic carbocycles. The number of esters is 1. The predicted molar refractivity (Wildman–Crippen MR) is 99.3 cm³/mol. The van der Waals surface area contributed by atoms with Crippen molar-refractivity contribution in [1.82, 2.24) is 0 Å². The molecule has 2 N–H and O–H groups in total. The maximum absolute atomic E-state index is 12.0. The fraction of sp³-hybridized carbons (Fsp3) is 0.0476. The number of carbonyl (C=O) groups excluding carboxylic acids is 1. The van der Waals surface area contributed by atoms with Gasteiger partial charge in [-0.15, -0.1) is 0 Å². The molecule has 132 valence electrons. The van der Waals surface area contributed by atoms with Crippen LogP contribution in [0.1, 0.15) is 10.4 Å². The first-order valence-corrected chi connectivity index (χ1v) is 7.78. The minimum Gasteiger partial charge on any atom is -0.465 e. The summed E-state index contributed by atoms with van der Waals surface area (Å²) >= 11 is 0. The van der Waals surface area contributed by atoms with Crippen LogP contribution in [0.15, 0.2) is 78.9 Å². The van der Waals surface area contributed by atoms with Gasteiger partial charge in [-0.05, 0) is 28.3 Å². The Hall–Kier alpha value is -3.60. The molecule has 0 aliphatic heterocycles.